The van der Waals surface area contributed by atoms with E-state index in [-0.39, 0.29) is 15.5 Å². The van der Waals surface area contributed by atoms with Gasteiger partial charge in [0, 0.05) is 5.57 Å². The molecule has 1 aliphatic rings. The Bertz CT molecular complexity index is 1530. The summed E-state index contributed by atoms with van der Waals surface area (Å²) in [5.41, 5.74) is 0.956. The fraction of sp³-hybridized carbons (Fsp3) is 0.469. The number of ether oxygens (including phenoxy) is 1. The summed E-state index contributed by atoms with van der Waals surface area (Å²) in [6.07, 6.45) is -1.53. The van der Waals surface area contributed by atoms with Gasteiger partial charge in [0.2, 0.25) is 10.0 Å². The number of esters is 1. The molecule has 0 spiro atoms. The summed E-state index contributed by atoms with van der Waals surface area (Å²) in [4.78, 5) is 27.0. The molecule has 0 aromatic heterocycles. The summed E-state index contributed by atoms with van der Waals surface area (Å²) in [6, 6.07) is 13.1. The normalized spacial score (nSPS) is 19.4. The van der Waals surface area contributed by atoms with Gasteiger partial charge in [-0.05, 0) is 81.7 Å². The summed E-state index contributed by atoms with van der Waals surface area (Å²) in [6.45, 7) is 16.3. The lowest BCUT2D eigenvalue weighted by Gasteiger charge is -2.42. The van der Waals surface area contributed by atoms with Crippen molar-refractivity contribution in [3.05, 3.63) is 76.9 Å². The van der Waals surface area contributed by atoms with E-state index < -0.39 is 60.5 Å². The Morgan fingerprint density at radius 1 is 1.05 bits per heavy atom. The van der Waals surface area contributed by atoms with Crippen molar-refractivity contribution in [2.24, 2.45) is 5.41 Å². The second-order valence-electron chi connectivity index (χ2n) is 13.4. The highest BCUT2D eigenvalue weighted by molar-refractivity contribution is 7.89. The first-order valence-electron chi connectivity index (χ1n) is 14.1. The first-order valence-corrected chi connectivity index (χ1v) is 18.4. The molecular weight excluding hydrogens is 585 g/mol. The maximum absolute atomic E-state index is 14.4. The minimum atomic E-state index is -4.42. The number of ketones is 1. The highest BCUT2D eigenvalue weighted by Gasteiger charge is 2.49. The number of sulfonamides is 1. The molecule has 2 aromatic rings. The molecule has 11 heteroatoms. The van der Waals surface area contributed by atoms with E-state index in [4.69, 9.17) is 9.16 Å². The number of rotatable bonds is 8. The molecule has 0 fully saturated rings. The maximum Gasteiger partial charge on any atom is 0.311 e. The standard InChI is InChI=1S/C32H42N2O7SSi/c1-21-10-16-24(17-11-21)42(38,39)34-26(20-40-30(37)31(2,3)4)28(36)25(18-27(34)35)29(41-43(8,9)32(5,6)7)23-14-12-22(19-33)13-15-23/h10-18,26-27,29,35H,20H2,1-9H3/t26-,27-,29+/m0/s1. The van der Waals surface area contributed by atoms with E-state index in [2.05, 4.69) is 6.07 Å². The van der Waals surface area contributed by atoms with Crippen LogP contribution in [0.5, 0.6) is 0 Å². The number of aliphatic hydroxyl groups excluding tert-OH is 1. The lowest BCUT2D eigenvalue weighted by molar-refractivity contribution is -0.155. The summed E-state index contributed by atoms with van der Waals surface area (Å²) in [5, 5.41) is 20.5. The molecule has 0 bridgehead atoms. The Morgan fingerprint density at radius 2 is 1.60 bits per heavy atom. The van der Waals surface area contributed by atoms with E-state index in [0.29, 0.717) is 15.4 Å². The van der Waals surface area contributed by atoms with Gasteiger partial charge < -0.3 is 14.3 Å². The van der Waals surface area contributed by atoms with Crippen molar-refractivity contribution in [2.45, 2.75) is 89.9 Å². The van der Waals surface area contributed by atoms with Gasteiger partial charge in [-0.3, -0.25) is 9.59 Å². The molecule has 3 atom stereocenters. The zero-order valence-corrected chi connectivity index (χ0v) is 28.2. The van der Waals surface area contributed by atoms with Gasteiger partial charge in [0.15, 0.2) is 14.1 Å². The Hall–Kier alpha value is -3.14. The zero-order valence-electron chi connectivity index (χ0n) is 26.3. The lowest BCUT2D eigenvalue weighted by Crippen LogP contribution is -2.56. The molecule has 0 radical (unpaired) electrons. The van der Waals surface area contributed by atoms with Crippen molar-refractivity contribution in [1.82, 2.24) is 4.31 Å². The van der Waals surface area contributed by atoms with Gasteiger partial charge in [0.25, 0.3) is 0 Å². The van der Waals surface area contributed by atoms with E-state index in [0.717, 1.165) is 5.56 Å². The number of hydrogen-bond donors (Lipinski definition) is 1. The minimum Gasteiger partial charge on any atom is -0.463 e. The van der Waals surface area contributed by atoms with Gasteiger partial charge in [0.05, 0.1) is 28.0 Å². The number of nitriles is 1. The van der Waals surface area contributed by atoms with Gasteiger partial charge in [-0.2, -0.15) is 9.57 Å². The van der Waals surface area contributed by atoms with E-state index in [1.807, 2.05) is 40.8 Å². The van der Waals surface area contributed by atoms with Crippen molar-refractivity contribution < 1.29 is 32.3 Å². The molecule has 0 amide bonds. The van der Waals surface area contributed by atoms with Crippen LogP contribution in [0.1, 0.15) is 64.3 Å². The Kier molecular flexibility index (Phi) is 9.95. The fourth-order valence-electron chi connectivity index (χ4n) is 4.20. The number of carbonyl (C=O) groups excluding carboxylic acids is 2. The lowest BCUT2D eigenvalue weighted by atomic mass is 9.91. The predicted molar refractivity (Wildman–Crippen MR) is 166 cm³/mol. The summed E-state index contributed by atoms with van der Waals surface area (Å²) in [5.74, 6) is -1.28. The zero-order chi connectivity index (χ0) is 32.5. The third-order valence-electron chi connectivity index (χ3n) is 7.91. The average molecular weight is 627 g/mol. The first kappa shape index (κ1) is 34.3. The number of aliphatic hydroxyl groups is 1. The average Bonchev–Trinajstić information content (AvgIpc) is 2.90. The molecule has 0 unspecified atom stereocenters. The number of nitrogens with zero attached hydrogens (tertiary/aromatic N) is 2. The highest BCUT2D eigenvalue weighted by Crippen LogP contribution is 2.43. The second-order valence-corrected chi connectivity index (χ2v) is 20.0. The van der Waals surface area contributed by atoms with E-state index in [1.54, 1.807) is 57.2 Å². The number of Topliss-reactive ketones (excluding diaryl/α,β-unsaturated/α-hetero) is 1. The number of benzene rings is 2. The minimum absolute atomic E-state index is 0.0502. The second kappa shape index (κ2) is 12.5. The van der Waals surface area contributed by atoms with E-state index in [1.165, 1.54) is 18.2 Å². The van der Waals surface area contributed by atoms with Crippen molar-refractivity contribution in [3.8, 4) is 6.07 Å². The summed E-state index contributed by atoms with van der Waals surface area (Å²) < 4.78 is 40.7. The molecule has 2 aromatic carbocycles. The molecule has 43 heavy (non-hydrogen) atoms. The first-order chi connectivity index (χ1) is 19.7. The summed E-state index contributed by atoms with van der Waals surface area (Å²) >= 11 is 0. The smallest absolute Gasteiger partial charge is 0.311 e. The number of aryl methyl sites for hydroxylation is 1. The number of carbonyl (C=O) groups is 2. The van der Waals surface area contributed by atoms with Crippen molar-refractivity contribution in [2.75, 3.05) is 6.61 Å². The predicted octanol–water partition coefficient (Wildman–Crippen LogP) is 5.41. The third kappa shape index (κ3) is 7.51. The molecule has 0 aliphatic carbocycles. The van der Waals surface area contributed by atoms with Crippen LogP contribution < -0.4 is 0 Å². The molecule has 1 heterocycles. The van der Waals surface area contributed by atoms with Crippen molar-refractivity contribution in [3.63, 3.8) is 0 Å². The van der Waals surface area contributed by atoms with E-state index in [9.17, 15) is 28.4 Å². The fourth-order valence-corrected chi connectivity index (χ4v) is 6.97. The molecular formula is C32H42N2O7SSi. The molecule has 1 N–H and O–H groups in total. The van der Waals surface area contributed by atoms with Crippen LogP contribution in [0.15, 0.2) is 65.1 Å². The Labute approximate surface area is 256 Å². The van der Waals surface area contributed by atoms with Crippen molar-refractivity contribution >= 4 is 30.1 Å². The van der Waals surface area contributed by atoms with Gasteiger partial charge in [-0.15, -0.1) is 0 Å². The molecule has 0 saturated heterocycles. The van der Waals surface area contributed by atoms with Crippen LogP contribution in [-0.2, 0) is 28.8 Å². The van der Waals surface area contributed by atoms with Crippen LogP contribution in [0.25, 0.3) is 0 Å². The van der Waals surface area contributed by atoms with Gasteiger partial charge in [-0.25, -0.2) is 8.42 Å². The van der Waals surface area contributed by atoms with Crippen LogP contribution in [0.2, 0.25) is 18.1 Å². The highest BCUT2D eigenvalue weighted by atomic mass is 32.2. The maximum atomic E-state index is 14.4. The third-order valence-corrected chi connectivity index (χ3v) is 14.2. The van der Waals surface area contributed by atoms with Crippen LogP contribution in [-0.4, -0.2) is 56.8 Å². The largest absolute Gasteiger partial charge is 0.463 e. The topological polar surface area (TPSA) is 134 Å². The molecule has 232 valence electrons. The number of hydrogen-bond acceptors (Lipinski definition) is 8. The monoisotopic (exact) mass is 626 g/mol. The Morgan fingerprint density at radius 3 is 2.09 bits per heavy atom. The SMILES string of the molecule is Cc1ccc(S(=O)(=O)N2[C@@H](O)C=C([C@H](O[Si](C)(C)C(C)(C)C)c3ccc(C#N)cc3)C(=O)[C@@H]2COC(=O)C(C)(C)C)cc1. The van der Waals surface area contributed by atoms with Gasteiger partial charge >= 0.3 is 5.97 Å². The molecule has 3 rings (SSSR count). The van der Waals surface area contributed by atoms with Gasteiger partial charge in [0.1, 0.15) is 18.9 Å². The van der Waals surface area contributed by atoms with Crippen LogP contribution >= 0.6 is 0 Å². The summed E-state index contributed by atoms with van der Waals surface area (Å²) in [7, 11) is -6.98. The molecule has 9 nitrogen and oxygen atoms in total. The van der Waals surface area contributed by atoms with E-state index >= 15 is 0 Å². The van der Waals surface area contributed by atoms with Crippen molar-refractivity contribution in [1.29, 1.82) is 5.26 Å². The van der Waals surface area contributed by atoms with Crippen LogP contribution in [0.4, 0.5) is 0 Å². The molecule has 1 aliphatic heterocycles. The quantitative estimate of drug-likeness (QED) is 0.304. The Balaban J connectivity index is 2.20. The van der Waals surface area contributed by atoms with Gasteiger partial charge in [-0.1, -0.05) is 50.6 Å². The molecule has 0 saturated carbocycles. The van der Waals surface area contributed by atoms with Crippen LogP contribution in [0, 0.1) is 23.7 Å². The van der Waals surface area contributed by atoms with Crippen LogP contribution in [0.3, 0.4) is 0 Å².